The molecule has 0 radical (unpaired) electrons. The van der Waals surface area contributed by atoms with Crippen LogP contribution in [0.25, 0.3) is 0 Å². The highest BCUT2D eigenvalue weighted by Gasteiger charge is 2.11. The molecule has 2 aromatic rings. The largest absolute Gasteiger partial charge is 0.480 e. The number of carboxylic acid groups (broad SMARTS) is 1. The normalized spacial score (nSPS) is 10.4. The molecule has 0 atom stereocenters. The van der Waals surface area contributed by atoms with Gasteiger partial charge >= 0.3 is 12.0 Å². The third kappa shape index (κ3) is 4.06. The Bertz CT molecular complexity index is 647. The molecule has 0 spiro atoms. The zero-order chi connectivity index (χ0) is 15.4. The summed E-state index contributed by atoms with van der Waals surface area (Å²) < 4.78 is 2.90. The average molecular weight is 292 g/mol. The van der Waals surface area contributed by atoms with Gasteiger partial charge in [0.25, 0.3) is 0 Å². The number of carboxylic acids is 1. The van der Waals surface area contributed by atoms with Crippen molar-refractivity contribution in [1.29, 1.82) is 0 Å². The number of aryl methyl sites for hydroxylation is 1. The molecule has 0 bridgehead atoms. The number of aliphatic carboxylic acids is 1. The van der Waals surface area contributed by atoms with Crippen molar-refractivity contribution in [3.8, 4) is 0 Å². The van der Waals surface area contributed by atoms with E-state index in [0.29, 0.717) is 12.2 Å². The maximum absolute atomic E-state index is 12.0. The van der Waals surface area contributed by atoms with E-state index in [2.05, 4.69) is 15.5 Å². The molecule has 2 heterocycles. The second kappa shape index (κ2) is 6.07. The number of hydrogen-bond acceptors (Lipinski definition) is 4. The molecular formula is C12H16N6O3. The zero-order valence-electron chi connectivity index (χ0n) is 11.7. The van der Waals surface area contributed by atoms with Crippen molar-refractivity contribution >= 4 is 17.7 Å². The van der Waals surface area contributed by atoms with Gasteiger partial charge in [0.2, 0.25) is 0 Å². The molecule has 0 saturated heterocycles. The highest BCUT2D eigenvalue weighted by molar-refractivity contribution is 5.88. The van der Waals surface area contributed by atoms with Crippen LogP contribution in [-0.2, 0) is 24.9 Å². The van der Waals surface area contributed by atoms with E-state index >= 15 is 0 Å². The van der Waals surface area contributed by atoms with E-state index in [1.807, 2.05) is 6.20 Å². The first-order chi connectivity index (χ1) is 9.94. The third-order valence-corrected chi connectivity index (χ3v) is 2.71. The average Bonchev–Trinajstić information content (AvgIpc) is 2.98. The number of carbonyl (C=O) groups excluding carboxylic acids is 1. The topological polar surface area (TPSA) is 105 Å². The van der Waals surface area contributed by atoms with Crippen molar-refractivity contribution in [2.45, 2.75) is 13.1 Å². The van der Waals surface area contributed by atoms with Crippen LogP contribution in [0.3, 0.4) is 0 Å². The van der Waals surface area contributed by atoms with Crippen molar-refractivity contribution < 1.29 is 14.7 Å². The first-order valence-corrected chi connectivity index (χ1v) is 6.18. The predicted molar refractivity (Wildman–Crippen MR) is 73.6 cm³/mol. The molecule has 2 amide bonds. The van der Waals surface area contributed by atoms with Gasteiger partial charge in [-0.1, -0.05) is 0 Å². The van der Waals surface area contributed by atoms with Crippen LogP contribution in [-0.4, -0.2) is 48.6 Å². The lowest BCUT2D eigenvalue weighted by molar-refractivity contribution is -0.137. The third-order valence-electron chi connectivity index (χ3n) is 2.71. The number of rotatable bonds is 5. The van der Waals surface area contributed by atoms with Gasteiger partial charge in [0.05, 0.1) is 24.6 Å². The van der Waals surface area contributed by atoms with Gasteiger partial charge in [-0.3, -0.25) is 14.2 Å². The van der Waals surface area contributed by atoms with E-state index < -0.39 is 5.97 Å². The van der Waals surface area contributed by atoms with Crippen LogP contribution in [0.5, 0.6) is 0 Å². The molecule has 2 aromatic heterocycles. The van der Waals surface area contributed by atoms with E-state index in [-0.39, 0.29) is 12.6 Å². The van der Waals surface area contributed by atoms with Crippen molar-refractivity contribution in [1.82, 2.24) is 24.5 Å². The van der Waals surface area contributed by atoms with Crippen molar-refractivity contribution in [2.75, 3.05) is 12.4 Å². The molecule has 9 heteroatoms. The summed E-state index contributed by atoms with van der Waals surface area (Å²) in [5.74, 6) is -0.996. The maximum Gasteiger partial charge on any atom is 0.325 e. The first kappa shape index (κ1) is 14.6. The lowest BCUT2D eigenvalue weighted by Gasteiger charge is -2.16. The van der Waals surface area contributed by atoms with Crippen molar-refractivity contribution in [3.63, 3.8) is 0 Å². The Balaban J connectivity index is 1.91. The summed E-state index contributed by atoms with van der Waals surface area (Å²) >= 11 is 0. The van der Waals surface area contributed by atoms with Crippen LogP contribution >= 0.6 is 0 Å². The van der Waals surface area contributed by atoms with Gasteiger partial charge < -0.3 is 15.3 Å². The van der Waals surface area contributed by atoms with Crippen LogP contribution in [0, 0.1) is 0 Å². The number of amides is 2. The number of anilines is 1. The van der Waals surface area contributed by atoms with E-state index in [4.69, 9.17) is 5.11 Å². The number of nitrogens with one attached hydrogen (secondary N) is 1. The van der Waals surface area contributed by atoms with Gasteiger partial charge in [-0.05, 0) is 0 Å². The van der Waals surface area contributed by atoms with Crippen LogP contribution < -0.4 is 5.32 Å². The molecule has 0 saturated carbocycles. The summed E-state index contributed by atoms with van der Waals surface area (Å²) in [6.45, 7) is 0.171. The monoisotopic (exact) mass is 292 g/mol. The van der Waals surface area contributed by atoms with Gasteiger partial charge in [-0.15, -0.1) is 0 Å². The molecule has 0 fully saturated rings. The van der Waals surface area contributed by atoms with Crippen LogP contribution in [0.4, 0.5) is 10.5 Å². The summed E-state index contributed by atoms with van der Waals surface area (Å²) in [6, 6.07) is -0.311. The highest BCUT2D eigenvalue weighted by Crippen LogP contribution is 2.08. The quantitative estimate of drug-likeness (QED) is 0.828. The molecule has 0 aliphatic carbocycles. The van der Waals surface area contributed by atoms with Gasteiger partial charge in [0.1, 0.15) is 6.54 Å². The second-order valence-electron chi connectivity index (χ2n) is 4.63. The van der Waals surface area contributed by atoms with E-state index in [0.717, 1.165) is 5.56 Å². The zero-order valence-corrected chi connectivity index (χ0v) is 11.7. The number of carbonyl (C=O) groups is 2. The Kier molecular flexibility index (Phi) is 4.21. The Morgan fingerprint density at radius 3 is 2.71 bits per heavy atom. The highest BCUT2D eigenvalue weighted by atomic mass is 16.4. The SMILES string of the molecule is CN(Cc1cnn(C)c1)C(=O)Nc1cnn(CC(=O)O)c1. The minimum absolute atomic E-state index is 0.249. The van der Waals surface area contributed by atoms with Gasteiger partial charge in [0, 0.05) is 32.1 Å². The van der Waals surface area contributed by atoms with E-state index in [1.54, 1.807) is 25.0 Å². The predicted octanol–water partition coefficient (Wildman–Crippen LogP) is 0.365. The summed E-state index contributed by atoms with van der Waals surface area (Å²) in [5, 5.41) is 19.2. The fraction of sp³-hybridized carbons (Fsp3) is 0.333. The number of urea groups is 1. The van der Waals surface area contributed by atoms with Crippen LogP contribution in [0.15, 0.2) is 24.8 Å². The maximum atomic E-state index is 12.0. The Hall–Kier alpha value is -2.84. The molecule has 112 valence electrons. The summed E-state index contributed by atoms with van der Waals surface area (Å²) in [5.41, 5.74) is 1.36. The van der Waals surface area contributed by atoms with Gasteiger partial charge in [-0.25, -0.2) is 4.79 Å². The van der Waals surface area contributed by atoms with Crippen LogP contribution in [0.1, 0.15) is 5.56 Å². The van der Waals surface area contributed by atoms with Crippen LogP contribution in [0.2, 0.25) is 0 Å². The van der Waals surface area contributed by atoms with Crippen molar-refractivity contribution in [3.05, 3.63) is 30.4 Å². The lowest BCUT2D eigenvalue weighted by atomic mass is 10.3. The molecule has 2 N–H and O–H groups in total. The number of aromatic nitrogens is 4. The fourth-order valence-electron chi connectivity index (χ4n) is 1.77. The Morgan fingerprint density at radius 1 is 1.33 bits per heavy atom. The summed E-state index contributed by atoms with van der Waals surface area (Å²) in [6.07, 6.45) is 6.38. The first-order valence-electron chi connectivity index (χ1n) is 6.18. The molecule has 9 nitrogen and oxygen atoms in total. The molecule has 0 aliphatic rings. The minimum atomic E-state index is -0.996. The second-order valence-corrected chi connectivity index (χ2v) is 4.63. The van der Waals surface area contributed by atoms with E-state index in [1.165, 1.54) is 22.0 Å². The molecule has 0 unspecified atom stereocenters. The summed E-state index contributed by atoms with van der Waals surface area (Å²) in [4.78, 5) is 24.0. The summed E-state index contributed by atoms with van der Waals surface area (Å²) in [7, 11) is 3.46. The standard InChI is InChI=1S/C12H16N6O3/c1-16(5-9-3-13-17(2)6-9)12(21)15-10-4-14-18(7-10)8-11(19)20/h3-4,6-7H,5,8H2,1-2H3,(H,15,21)(H,19,20). The molecule has 0 aliphatic heterocycles. The smallest absolute Gasteiger partial charge is 0.325 e. The Morgan fingerprint density at radius 2 is 2.10 bits per heavy atom. The van der Waals surface area contributed by atoms with Gasteiger partial charge in [0.15, 0.2) is 0 Å². The molecule has 21 heavy (non-hydrogen) atoms. The molecule has 2 rings (SSSR count). The number of hydrogen-bond donors (Lipinski definition) is 2. The minimum Gasteiger partial charge on any atom is -0.480 e. The van der Waals surface area contributed by atoms with Gasteiger partial charge in [-0.2, -0.15) is 10.2 Å². The fourth-order valence-corrected chi connectivity index (χ4v) is 1.77. The number of nitrogens with zero attached hydrogens (tertiary/aromatic N) is 5. The lowest BCUT2D eigenvalue weighted by Crippen LogP contribution is -2.30. The Labute approximate surface area is 120 Å². The van der Waals surface area contributed by atoms with E-state index in [9.17, 15) is 9.59 Å². The molecular weight excluding hydrogens is 276 g/mol. The van der Waals surface area contributed by atoms with Crippen molar-refractivity contribution in [2.24, 2.45) is 7.05 Å². The molecule has 0 aromatic carbocycles.